The first-order valence-electron chi connectivity index (χ1n) is 8.09. The summed E-state index contributed by atoms with van der Waals surface area (Å²) < 4.78 is 0. The van der Waals surface area contributed by atoms with Crippen molar-refractivity contribution in [2.24, 2.45) is 11.8 Å². The Morgan fingerprint density at radius 3 is 2.83 bits per heavy atom. The van der Waals surface area contributed by atoms with Crippen LogP contribution >= 0.6 is 0 Å². The Bertz CT molecular complexity index is 740. The zero-order chi connectivity index (χ0) is 16.0. The smallest absolute Gasteiger partial charge is 0.245 e. The Morgan fingerprint density at radius 1 is 1.39 bits per heavy atom. The van der Waals surface area contributed by atoms with Gasteiger partial charge in [-0.25, -0.2) is 9.97 Å². The van der Waals surface area contributed by atoms with Crippen molar-refractivity contribution in [3.8, 4) is 0 Å². The van der Waals surface area contributed by atoms with Crippen molar-refractivity contribution < 1.29 is 4.79 Å². The van der Waals surface area contributed by atoms with Crippen molar-refractivity contribution in [3.05, 3.63) is 31.2 Å². The van der Waals surface area contributed by atoms with Gasteiger partial charge in [-0.15, -0.1) is 0 Å². The second-order valence-corrected chi connectivity index (χ2v) is 6.64. The number of aromatic amines is 1. The average molecular weight is 311 g/mol. The van der Waals surface area contributed by atoms with Gasteiger partial charge >= 0.3 is 0 Å². The summed E-state index contributed by atoms with van der Waals surface area (Å²) in [5, 5.41) is 1.07. The van der Waals surface area contributed by atoms with Crippen molar-refractivity contribution >= 4 is 22.8 Å². The number of carbonyl (C=O) groups is 1. The molecule has 1 saturated carbocycles. The maximum absolute atomic E-state index is 11.8. The fourth-order valence-electron chi connectivity index (χ4n) is 4.21. The van der Waals surface area contributed by atoms with Crippen LogP contribution in [0.3, 0.4) is 0 Å². The lowest BCUT2D eigenvalue weighted by Crippen LogP contribution is -2.34. The number of nitrogens with one attached hydrogen (secondary N) is 1. The van der Waals surface area contributed by atoms with Crippen LogP contribution < -0.4 is 4.90 Å². The normalized spacial score (nSPS) is 26.5. The van der Waals surface area contributed by atoms with Crippen LogP contribution in [0.5, 0.6) is 0 Å². The van der Waals surface area contributed by atoms with E-state index in [0.717, 1.165) is 42.8 Å². The van der Waals surface area contributed by atoms with Crippen LogP contribution in [-0.4, -0.2) is 51.9 Å². The summed E-state index contributed by atoms with van der Waals surface area (Å²) >= 11 is 0. The molecular weight excluding hydrogens is 290 g/mol. The number of nitrogens with zero attached hydrogens (tertiary/aromatic N) is 4. The minimum Gasteiger partial charge on any atom is -0.356 e. The van der Waals surface area contributed by atoms with Crippen molar-refractivity contribution in [2.75, 3.05) is 25.0 Å². The zero-order valence-electron chi connectivity index (χ0n) is 13.3. The van der Waals surface area contributed by atoms with E-state index in [0.29, 0.717) is 17.9 Å². The zero-order valence-corrected chi connectivity index (χ0v) is 13.3. The lowest BCUT2D eigenvalue weighted by molar-refractivity contribution is -0.125. The highest BCUT2D eigenvalue weighted by molar-refractivity contribution is 5.88. The van der Waals surface area contributed by atoms with Crippen molar-refractivity contribution in [2.45, 2.75) is 18.9 Å². The molecule has 6 heteroatoms. The number of amides is 1. The third-order valence-electron chi connectivity index (χ3n) is 5.43. The first-order valence-corrected chi connectivity index (χ1v) is 8.09. The summed E-state index contributed by atoms with van der Waals surface area (Å²) in [5.74, 6) is 2.24. The fraction of sp³-hybridized carbons (Fsp3) is 0.471. The van der Waals surface area contributed by atoms with Gasteiger partial charge in [0, 0.05) is 32.4 Å². The Morgan fingerprint density at radius 2 is 2.13 bits per heavy atom. The highest BCUT2D eigenvalue weighted by Gasteiger charge is 2.43. The topological polar surface area (TPSA) is 65.1 Å². The molecule has 3 heterocycles. The molecule has 0 radical (unpaired) electrons. The number of likely N-dealkylation sites (tertiary alicyclic amines) is 1. The SMILES string of the molecule is C=CC(=O)N1CC2C[C@@H](N(C)c3ncnc4[nH]ccc34)C[C@@H]2C1. The molecule has 0 bridgehead atoms. The Labute approximate surface area is 135 Å². The van der Waals surface area contributed by atoms with Gasteiger partial charge in [0.15, 0.2) is 0 Å². The van der Waals surface area contributed by atoms with Gasteiger partial charge < -0.3 is 14.8 Å². The molecule has 1 amide bonds. The van der Waals surface area contributed by atoms with E-state index in [1.807, 2.05) is 17.2 Å². The van der Waals surface area contributed by atoms with Gasteiger partial charge in [-0.2, -0.15) is 0 Å². The second-order valence-electron chi connectivity index (χ2n) is 6.64. The molecule has 1 aliphatic heterocycles. The standard InChI is InChI=1S/C17H21N5O/c1-3-15(23)22-8-11-6-13(7-12(11)9-22)21(2)17-14-4-5-18-16(14)19-10-20-17/h3-5,10-13H,1,6-9H2,2H3,(H,18,19,20)/t11-,12?,13+/m1/s1. The first kappa shape index (κ1) is 14.2. The van der Waals surface area contributed by atoms with Crippen LogP contribution in [0.15, 0.2) is 31.2 Å². The van der Waals surface area contributed by atoms with E-state index in [2.05, 4.69) is 33.5 Å². The van der Waals surface area contributed by atoms with E-state index >= 15 is 0 Å². The van der Waals surface area contributed by atoms with Gasteiger partial charge in [0.05, 0.1) is 5.39 Å². The van der Waals surface area contributed by atoms with E-state index in [1.165, 1.54) is 6.08 Å². The second kappa shape index (κ2) is 5.37. The number of carbonyl (C=O) groups excluding carboxylic acids is 1. The van der Waals surface area contributed by atoms with Gasteiger partial charge in [-0.1, -0.05) is 6.58 Å². The maximum Gasteiger partial charge on any atom is 0.245 e. The Kier molecular flexibility index (Phi) is 3.32. The molecule has 120 valence electrons. The molecule has 0 aromatic carbocycles. The van der Waals surface area contributed by atoms with Crippen molar-refractivity contribution in [1.82, 2.24) is 19.9 Å². The Hall–Kier alpha value is -2.37. The summed E-state index contributed by atoms with van der Waals surface area (Å²) in [5.41, 5.74) is 0.878. The van der Waals surface area contributed by atoms with Crippen LogP contribution in [0, 0.1) is 11.8 Å². The van der Waals surface area contributed by atoms with Gasteiger partial charge in [0.1, 0.15) is 17.8 Å². The molecule has 6 nitrogen and oxygen atoms in total. The molecular formula is C17H21N5O. The summed E-state index contributed by atoms with van der Waals surface area (Å²) in [6, 6.07) is 2.50. The average Bonchev–Trinajstić information content (AvgIpc) is 3.26. The summed E-state index contributed by atoms with van der Waals surface area (Å²) in [6.45, 7) is 5.32. The monoisotopic (exact) mass is 311 g/mol. The van der Waals surface area contributed by atoms with Gasteiger partial charge in [-0.3, -0.25) is 4.79 Å². The molecule has 1 unspecified atom stereocenters. The molecule has 0 spiro atoms. The van der Waals surface area contributed by atoms with E-state index < -0.39 is 0 Å². The lowest BCUT2D eigenvalue weighted by Gasteiger charge is -2.27. The third-order valence-corrected chi connectivity index (χ3v) is 5.43. The lowest BCUT2D eigenvalue weighted by atomic mass is 10.0. The number of rotatable bonds is 3. The van der Waals surface area contributed by atoms with E-state index in [4.69, 9.17) is 0 Å². The fourth-order valence-corrected chi connectivity index (χ4v) is 4.21. The molecule has 1 saturated heterocycles. The highest BCUT2D eigenvalue weighted by Crippen LogP contribution is 2.41. The molecule has 2 aromatic heterocycles. The van der Waals surface area contributed by atoms with Crippen LogP contribution in [0.2, 0.25) is 0 Å². The van der Waals surface area contributed by atoms with Crippen LogP contribution in [0.1, 0.15) is 12.8 Å². The van der Waals surface area contributed by atoms with Crippen LogP contribution in [0.25, 0.3) is 11.0 Å². The molecule has 3 atom stereocenters. The number of hydrogen-bond donors (Lipinski definition) is 1. The largest absolute Gasteiger partial charge is 0.356 e. The van der Waals surface area contributed by atoms with Gasteiger partial charge in [0.2, 0.25) is 5.91 Å². The highest BCUT2D eigenvalue weighted by atomic mass is 16.2. The van der Waals surface area contributed by atoms with Crippen LogP contribution in [-0.2, 0) is 4.79 Å². The van der Waals surface area contributed by atoms with Crippen molar-refractivity contribution in [1.29, 1.82) is 0 Å². The number of aromatic nitrogens is 3. The number of hydrogen-bond acceptors (Lipinski definition) is 4. The maximum atomic E-state index is 11.8. The van der Waals surface area contributed by atoms with Gasteiger partial charge in [-0.05, 0) is 36.8 Å². The quantitative estimate of drug-likeness (QED) is 0.878. The van der Waals surface area contributed by atoms with E-state index in [-0.39, 0.29) is 5.91 Å². The van der Waals surface area contributed by atoms with Gasteiger partial charge in [0.25, 0.3) is 0 Å². The third kappa shape index (κ3) is 2.29. The number of H-pyrrole nitrogens is 1. The molecule has 23 heavy (non-hydrogen) atoms. The van der Waals surface area contributed by atoms with E-state index in [1.54, 1.807) is 6.33 Å². The summed E-state index contributed by atoms with van der Waals surface area (Å²) in [7, 11) is 2.12. The molecule has 1 N–H and O–H groups in total. The minimum absolute atomic E-state index is 0.0640. The molecule has 2 aliphatic rings. The molecule has 2 aromatic rings. The Balaban J connectivity index is 1.50. The number of anilines is 1. The molecule has 1 aliphatic carbocycles. The predicted molar refractivity (Wildman–Crippen MR) is 89.1 cm³/mol. The molecule has 4 rings (SSSR count). The minimum atomic E-state index is 0.0640. The predicted octanol–water partition coefficient (Wildman–Crippen LogP) is 1.82. The van der Waals surface area contributed by atoms with Crippen LogP contribution in [0.4, 0.5) is 5.82 Å². The molecule has 2 fully saturated rings. The summed E-state index contributed by atoms with van der Waals surface area (Å²) in [6.07, 6.45) is 7.16. The van der Waals surface area contributed by atoms with Crippen molar-refractivity contribution in [3.63, 3.8) is 0 Å². The number of fused-ring (bicyclic) bond motifs is 2. The van der Waals surface area contributed by atoms with E-state index in [9.17, 15) is 4.79 Å². The summed E-state index contributed by atoms with van der Waals surface area (Å²) in [4.78, 5) is 27.9. The first-order chi connectivity index (χ1) is 11.2.